The Morgan fingerprint density at radius 3 is 2.73 bits per heavy atom. The predicted octanol–water partition coefficient (Wildman–Crippen LogP) is 3.97. The van der Waals surface area contributed by atoms with Gasteiger partial charge in [-0.05, 0) is 48.6 Å². The van der Waals surface area contributed by atoms with Crippen molar-refractivity contribution in [2.24, 2.45) is 0 Å². The smallest absolute Gasteiger partial charge is 0.337 e. The fraction of sp³-hybridized carbons (Fsp3) is 0.0588. The van der Waals surface area contributed by atoms with Crippen LogP contribution in [-0.2, 0) is 4.74 Å². The van der Waals surface area contributed by atoms with E-state index in [-0.39, 0.29) is 11.0 Å². The molecule has 9 heteroatoms. The van der Waals surface area contributed by atoms with E-state index in [2.05, 4.69) is 31.5 Å². The van der Waals surface area contributed by atoms with Crippen molar-refractivity contribution < 1.29 is 14.3 Å². The quantitative estimate of drug-likeness (QED) is 0.465. The number of ether oxygens (including phenoxy) is 1. The minimum Gasteiger partial charge on any atom is -0.465 e. The van der Waals surface area contributed by atoms with Crippen molar-refractivity contribution in [3.63, 3.8) is 0 Å². The van der Waals surface area contributed by atoms with Crippen LogP contribution < -0.4 is 10.6 Å². The minimum absolute atomic E-state index is 0.141. The Morgan fingerprint density at radius 1 is 1.19 bits per heavy atom. The average Bonchev–Trinajstić information content (AvgIpc) is 3.01. The molecule has 1 amide bonds. The maximum Gasteiger partial charge on any atom is 0.337 e. The maximum atomic E-state index is 12.2. The number of nitrogens with zero attached hydrogens (tertiary/aromatic N) is 1. The molecule has 3 aromatic rings. The molecule has 0 unspecified atom stereocenters. The number of benzene rings is 2. The number of thiazole rings is 1. The number of carbonyl (C=O) groups excluding carboxylic acids is 2. The highest BCUT2D eigenvalue weighted by molar-refractivity contribution is 9.10. The molecule has 2 N–H and O–H groups in total. The Labute approximate surface area is 166 Å². The van der Waals surface area contributed by atoms with Crippen molar-refractivity contribution in [3.8, 4) is 0 Å². The van der Waals surface area contributed by atoms with Crippen LogP contribution >= 0.6 is 39.5 Å². The number of rotatable bonds is 3. The van der Waals surface area contributed by atoms with Gasteiger partial charge in [0.15, 0.2) is 10.2 Å². The van der Waals surface area contributed by atoms with E-state index in [4.69, 9.17) is 17.0 Å². The number of nitrogens with one attached hydrogen (secondary N) is 2. The zero-order valence-corrected chi connectivity index (χ0v) is 16.6. The van der Waals surface area contributed by atoms with Crippen molar-refractivity contribution in [1.82, 2.24) is 10.3 Å². The van der Waals surface area contributed by atoms with Crippen LogP contribution in [0.1, 0.15) is 20.7 Å². The lowest BCUT2D eigenvalue weighted by Gasteiger charge is -2.07. The second-order valence-corrected chi connectivity index (χ2v) is 7.47. The Hall–Kier alpha value is -2.36. The Kier molecular flexibility index (Phi) is 5.60. The van der Waals surface area contributed by atoms with Crippen LogP contribution in [0.5, 0.6) is 0 Å². The van der Waals surface area contributed by atoms with Gasteiger partial charge in [0.25, 0.3) is 5.91 Å². The highest BCUT2D eigenvalue weighted by atomic mass is 79.9. The van der Waals surface area contributed by atoms with Crippen LogP contribution in [0.3, 0.4) is 0 Å². The van der Waals surface area contributed by atoms with Crippen LogP contribution in [0.15, 0.2) is 46.9 Å². The number of carbonyl (C=O) groups is 2. The average molecular weight is 450 g/mol. The molecule has 6 nitrogen and oxygen atoms in total. The van der Waals surface area contributed by atoms with Crippen LogP contribution in [-0.4, -0.2) is 29.1 Å². The first-order valence-corrected chi connectivity index (χ1v) is 9.35. The summed E-state index contributed by atoms with van der Waals surface area (Å²) in [5, 5.41) is 6.15. The zero-order chi connectivity index (χ0) is 18.7. The molecule has 0 saturated carbocycles. The number of amides is 1. The molecule has 26 heavy (non-hydrogen) atoms. The summed E-state index contributed by atoms with van der Waals surface area (Å²) in [6.07, 6.45) is 0. The fourth-order valence-corrected chi connectivity index (χ4v) is 3.72. The lowest BCUT2D eigenvalue weighted by Crippen LogP contribution is -2.34. The van der Waals surface area contributed by atoms with E-state index in [1.807, 2.05) is 6.07 Å². The van der Waals surface area contributed by atoms with Gasteiger partial charge in [-0.3, -0.25) is 10.1 Å². The third-order valence-electron chi connectivity index (χ3n) is 3.34. The van der Waals surface area contributed by atoms with Crippen LogP contribution in [0.25, 0.3) is 10.2 Å². The van der Waals surface area contributed by atoms with E-state index >= 15 is 0 Å². The summed E-state index contributed by atoms with van der Waals surface area (Å²) in [5.74, 6) is -0.732. The molecular weight excluding hydrogens is 438 g/mol. The van der Waals surface area contributed by atoms with Gasteiger partial charge in [-0.15, -0.1) is 0 Å². The summed E-state index contributed by atoms with van der Waals surface area (Å²) in [5.41, 5.74) is 1.64. The molecule has 0 bridgehead atoms. The van der Waals surface area contributed by atoms with Crippen molar-refractivity contribution in [2.75, 3.05) is 12.4 Å². The largest absolute Gasteiger partial charge is 0.465 e. The number of fused-ring (bicyclic) bond motifs is 1. The second-order valence-electron chi connectivity index (χ2n) is 5.11. The molecule has 0 atom stereocenters. The molecule has 0 aliphatic rings. The van der Waals surface area contributed by atoms with Crippen molar-refractivity contribution in [3.05, 3.63) is 58.1 Å². The number of anilines is 1. The molecule has 3 rings (SSSR count). The van der Waals surface area contributed by atoms with Crippen molar-refractivity contribution >= 4 is 71.8 Å². The molecule has 1 aromatic heterocycles. The van der Waals surface area contributed by atoms with Gasteiger partial charge in [0.05, 0.1) is 22.9 Å². The van der Waals surface area contributed by atoms with Crippen LogP contribution in [0.4, 0.5) is 5.13 Å². The van der Waals surface area contributed by atoms with E-state index in [9.17, 15) is 9.59 Å². The number of methoxy groups -OCH3 is 1. The predicted molar refractivity (Wildman–Crippen MR) is 109 cm³/mol. The van der Waals surface area contributed by atoms with E-state index in [1.54, 1.807) is 36.4 Å². The molecule has 2 aromatic carbocycles. The van der Waals surface area contributed by atoms with E-state index in [1.165, 1.54) is 18.4 Å². The van der Waals surface area contributed by atoms with Crippen molar-refractivity contribution in [1.29, 1.82) is 0 Å². The van der Waals surface area contributed by atoms with Crippen LogP contribution in [0, 0.1) is 0 Å². The summed E-state index contributed by atoms with van der Waals surface area (Å²) in [6.45, 7) is 0. The molecule has 0 fully saturated rings. The number of hydrogen-bond acceptors (Lipinski definition) is 6. The lowest BCUT2D eigenvalue weighted by atomic mass is 10.2. The summed E-state index contributed by atoms with van der Waals surface area (Å²) < 4.78 is 6.31. The van der Waals surface area contributed by atoms with E-state index in [0.29, 0.717) is 21.8 Å². The lowest BCUT2D eigenvalue weighted by molar-refractivity contribution is 0.0601. The third kappa shape index (κ3) is 4.24. The van der Waals surface area contributed by atoms with E-state index in [0.717, 1.165) is 9.17 Å². The van der Waals surface area contributed by atoms with E-state index < -0.39 is 5.97 Å². The monoisotopic (exact) mass is 449 g/mol. The van der Waals surface area contributed by atoms with Crippen molar-refractivity contribution in [2.45, 2.75) is 0 Å². The molecule has 1 heterocycles. The first-order valence-electron chi connectivity index (χ1n) is 7.33. The minimum atomic E-state index is -0.411. The molecule has 0 saturated heterocycles. The van der Waals surface area contributed by atoms with Gasteiger partial charge in [0.1, 0.15) is 0 Å². The normalized spacial score (nSPS) is 10.4. The standard InChI is InChI=1S/C17H12BrN3O3S2/c1-24-15(23)10-5-6-12-13(8-10)26-17(19-12)21-16(25)20-14(22)9-3-2-4-11(18)7-9/h2-8H,1H3,(H2,19,20,21,22,25). The first kappa shape index (κ1) is 18.4. The number of halogens is 1. The Morgan fingerprint density at radius 2 is 2.00 bits per heavy atom. The number of aromatic nitrogens is 1. The summed E-state index contributed by atoms with van der Waals surface area (Å²) >= 11 is 9.81. The highest BCUT2D eigenvalue weighted by Gasteiger charge is 2.12. The molecule has 0 aliphatic carbocycles. The van der Waals surface area contributed by atoms with Gasteiger partial charge in [-0.1, -0.05) is 33.3 Å². The van der Waals surface area contributed by atoms with Gasteiger partial charge >= 0.3 is 5.97 Å². The third-order valence-corrected chi connectivity index (χ3v) is 4.97. The maximum absolute atomic E-state index is 12.2. The van der Waals surface area contributed by atoms with Gasteiger partial charge in [0, 0.05) is 10.0 Å². The molecular formula is C17H12BrN3O3S2. The summed E-state index contributed by atoms with van der Waals surface area (Å²) in [4.78, 5) is 28.2. The first-order chi connectivity index (χ1) is 12.5. The molecule has 132 valence electrons. The fourth-order valence-electron chi connectivity index (χ4n) is 2.16. The summed E-state index contributed by atoms with van der Waals surface area (Å²) in [7, 11) is 1.33. The Balaban J connectivity index is 1.71. The van der Waals surface area contributed by atoms with Gasteiger partial charge in [-0.2, -0.15) is 0 Å². The number of hydrogen-bond donors (Lipinski definition) is 2. The molecule has 0 spiro atoms. The highest BCUT2D eigenvalue weighted by Crippen LogP contribution is 2.27. The SMILES string of the molecule is COC(=O)c1ccc2nc(NC(=S)NC(=O)c3cccc(Br)c3)sc2c1. The summed E-state index contributed by atoms with van der Waals surface area (Å²) in [6, 6.07) is 12.1. The van der Waals surface area contributed by atoms with Gasteiger partial charge in [-0.25, -0.2) is 9.78 Å². The molecule has 0 radical (unpaired) electrons. The number of esters is 1. The Bertz CT molecular complexity index is 1020. The van der Waals surface area contributed by atoms with Crippen LogP contribution in [0.2, 0.25) is 0 Å². The van der Waals surface area contributed by atoms with Gasteiger partial charge < -0.3 is 10.1 Å². The molecule has 0 aliphatic heterocycles. The topological polar surface area (TPSA) is 80.3 Å². The zero-order valence-electron chi connectivity index (χ0n) is 13.4. The van der Waals surface area contributed by atoms with Gasteiger partial charge in [0.2, 0.25) is 0 Å². The second kappa shape index (κ2) is 7.90. The number of thiocarbonyl (C=S) groups is 1.